The van der Waals surface area contributed by atoms with Gasteiger partial charge in [-0.3, -0.25) is 0 Å². The molecule has 1 heteroatoms. The number of aromatic amines is 1. The predicted octanol–water partition coefficient (Wildman–Crippen LogP) is 4.07. The number of rotatable bonds is 2. The van der Waals surface area contributed by atoms with Gasteiger partial charge in [0, 0.05) is 23.0 Å². The summed E-state index contributed by atoms with van der Waals surface area (Å²) in [5, 5.41) is 1.33. The first kappa shape index (κ1) is 10.2. The lowest BCUT2D eigenvalue weighted by atomic mass is 10.1. The van der Waals surface area contributed by atoms with E-state index in [-0.39, 0.29) is 0 Å². The summed E-state index contributed by atoms with van der Waals surface area (Å²) in [6.45, 7) is 2.16. The van der Waals surface area contributed by atoms with Crippen LogP contribution in [0, 0.1) is 6.92 Å². The van der Waals surface area contributed by atoms with Gasteiger partial charge in [0.2, 0.25) is 0 Å². The van der Waals surface area contributed by atoms with Crippen LogP contribution < -0.4 is 0 Å². The Kier molecular flexibility index (Phi) is 2.45. The highest BCUT2D eigenvalue weighted by atomic mass is 14.7. The molecular formula is C16H15N. The first-order chi connectivity index (χ1) is 8.33. The summed E-state index contributed by atoms with van der Waals surface area (Å²) >= 11 is 0. The van der Waals surface area contributed by atoms with Gasteiger partial charge in [0.1, 0.15) is 0 Å². The lowest BCUT2D eigenvalue weighted by Crippen LogP contribution is -1.86. The van der Waals surface area contributed by atoms with Gasteiger partial charge < -0.3 is 4.98 Å². The Balaban J connectivity index is 1.99. The number of aryl methyl sites for hydroxylation is 1. The van der Waals surface area contributed by atoms with Crippen molar-refractivity contribution in [2.24, 2.45) is 0 Å². The molecule has 1 heterocycles. The molecule has 1 nitrogen and oxygen atoms in total. The monoisotopic (exact) mass is 221 g/mol. The van der Waals surface area contributed by atoms with Gasteiger partial charge in [-0.15, -0.1) is 0 Å². The molecule has 0 fully saturated rings. The summed E-state index contributed by atoms with van der Waals surface area (Å²) in [4.78, 5) is 3.48. The zero-order valence-electron chi connectivity index (χ0n) is 9.90. The highest BCUT2D eigenvalue weighted by Crippen LogP contribution is 2.20. The molecule has 3 rings (SSSR count). The summed E-state index contributed by atoms with van der Waals surface area (Å²) in [5.41, 5.74) is 5.19. The van der Waals surface area contributed by atoms with Gasteiger partial charge in [-0.2, -0.15) is 0 Å². The SMILES string of the molecule is Cc1cccc2[nH]c(Cc3ccccc3)cc12. The van der Waals surface area contributed by atoms with Crippen molar-refractivity contribution in [1.82, 2.24) is 4.98 Å². The Bertz CT molecular complexity index is 635. The second kappa shape index (κ2) is 4.10. The third kappa shape index (κ3) is 1.96. The minimum atomic E-state index is 0.967. The molecule has 0 spiro atoms. The van der Waals surface area contributed by atoms with Crippen LogP contribution in [0.3, 0.4) is 0 Å². The van der Waals surface area contributed by atoms with E-state index in [1.807, 2.05) is 0 Å². The summed E-state index contributed by atoms with van der Waals surface area (Å²) in [5.74, 6) is 0. The average Bonchev–Trinajstić information content (AvgIpc) is 2.74. The largest absolute Gasteiger partial charge is 0.358 e. The molecule has 0 bridgehead atoms. The second-order valence-corrected chi connectivity index (χ2v) is 4.49. The minimum Gasteiger partial charge on any atom is -0.358 e. The van der Waals surface area contributed by atoms with Gasteiger partial charge in [0.15, 0.2) is 0 Å². The molecule has 0 aliphatic heterocycles. The molecule has 1 aromatic heterocycles. The fourth-order valence-electron chi connectivity index (χ4n) is 2.28. The Hall–Kier alpha value is -2.02. The molecule has 17 heavy (non-hydrogen) atoms. The summed E-state index contributed by atoms with van der Waals surface area (Å²) in [6, 6.07) is 19.2. The number of nitrogens with one attached hydrogen (secondary N) is 1. The van der Waals surface area contributed by atoms with E-state index in [1.54, 1.807) is 0 Å². The molecule has 3 aromatic rings. The molecule has 0 atom stereocenters. The van der Waals surface area contributed by atoms with E-state index in [2.05, 4.69) is 66.5 Å². The van der Waals surface area contributed by atoms with Gasteiger partial charge in [0.05, 0.1) is 0 Å². The van der Waals surface area contributed by atoms with E-state index in [4.69, 9.17) is 0 Å². The van der Waals surface area contributed by atoms with Gasteiger partial charge in [-0.05, 0) is 30.2 Å². The van der Waals surface area contributed by atoms with Crippen LogP contribution in [0.5, 0.6) is 0 Å². The normalized spacial score (nSPS) is 10.9. The van der Waals surface area contributed by atoms with Crippen molar-refractivity contribution in [3.63, 3.8) is 0 Å². The van der Waals surface area contributed by atoms with Crippen LogP contribution in [0.1, 0.15) is 16.8 Å². The first-order valence-electron chi connectivity index (χ1n) is 5.94. The van der Waals surface area contributed by atoms with Crippen molar-refractivity contribution in [3.8, 4) is 0 Å². The summed E-state index contributed by atoms with van der Waals surface area (Å²) in [7, 11) is 0. The Morgan fingerprint density at radius 1 is 0.941 bits per heavy atom. The first-order valence-corrected chi connectivity index (χ1v) is 5.94. The summed E-state index contributed by atoms with van der Waals surface area (Å²) in [6.07, 6.45) is 0.967. The Morgan fingerprint density at radius 3 is 2.53 bits per heavy atom. The maximum Gasteiger partial charge on any atom is 0.0458 e. The molecule has 84 valence electrons. The van der Waals surface area contributed by atoms with Crippen molar-refractivity contribution < 1.29 is 0 Å². The van der Waals surface area contributed by atoms with Crippen molar-refractivity contribution in [2.75, 3.05) is 0 Å². The molecular weight excluding hydrogens is 206 g/mol. The number of fused-ring (bicyclic) bond motifs is 1. The van der Waals surface area contributed by atoms with Crippen LogP contribution in [0.4, 0.5) is 0 Å². The number of hydrogen-bond acceptors (Lipinski definition) is 0. The molecule has 0 saturated heterocycles. The van der Waals surface area contributed by atoms with E-state index in [0.717, 1.165) is 6.42 Å². The molecule has 0 aliphatic carbocycles. The van der Waals surface area contributed by atoms with E-state index in [1.165, 1.54) is 27.7 Å². The zero-order valence-corrected chi connectivity index (χ0v) is 9.90. The van der Waals surface area contributed by atoms with Gasteiger partial charge in [-0.25, -0.2) is 0 Å². The van der Waals surface area contributed by atoms with Crippen LogP contribution >= 0.6 is 0 Å². The second-order valence-electron chi connectivity index (χ2n) is 4.49. The van der Waals surface area contributed by atoms with Gasteiger partial charge >= 0.3 is 0 Å². The third-order valence-electron chi connectivity index (χ3n) is 3.18. The van der Waals surface area contributed by atoms with Crippen molar-refractivity contribution in [1.29, 1.82) is 0 Å². The third-order valence-corrected chi connectivity index (χ3v) is 3.18. The van der Waals surface area contributed by atoms with Crippen LogP contribution in [-0.2, 0) is 6.42 Å². The molecule has 0 radical (unpaired) electrons. The standard InChI is InChI=1S/C16H15N/c1-12-6-5-9-16-15(12)11-14(17-16)10-13-7-3-2-4-8-13/h2-9,11,17H,10H2,1H3. The molecule has 0 aliphatic rings. The van der Waals surface area contributed by atoms with Gasteiger partial charge in [-0.1, -0.05) is 42.5 Å². The van der Waals surface area contributed by atoms with Crippen LogP contribution in [0.15, 0.2) is 54.6 Å². The smallest absolute Gasteiger partial charge is 0.0458 e. The van der Waals surface area contributed by atoms with E-state index >= 15 is 0 Å². The highest BCUT2D eigenvalue weighted by Gasteiger charge is 2.03. The molecule has 0 unspecified atom stereocenters. The number of benzene rings is 2. The molecule has 0 saturated carbocycles. The zero-order chi connectivity index (χ0) is 11.7. The molecule has 0 amide bonds. The lowest BCUT2D eigenvalue weighted by Gasteiger charge is -1.97. The fraction of sp³-hybridized carbons (Fsp3) is 0.125. The van der Waals surface area contributed by atoms with E-state index in [0.29, 0.717) is 0 Å². The minimum absolute atomic E-state index is 0.967. The maximum absolute atomic E-state index is 3.48. The topological polar surface area (TPSA) is 15.8 Å². The lowest BCUT2D eigenvalue weighted by molar-refractivity contribution is 1.12. The number of H-pyrrole nitrogens is 1. The fourth-order valence-corrected chi connectivity index (χ4v) is 2.28. The van der Waals surface area contributed by atoms with Crippen LogP contribution in [0.25, 0.3) is 10.9 Å². The Morgan fingerprint density at radius 2 is 1.76 bits per heavy atom. The van der Waals surface area contributed by atoms with Crippen molar-refractivity contribution in [3.05, 3.63) is 71.4 Å². The molecule has 1 N–H and O–H groups in total. The number of hydrogen-bond donors (Lipinski definition) is 1. The average molecular weight is 221 g/mol. The highest BCUT2D eigenvalue weighted by molar-refractivity contribution is 5.83. The maximum atomic E-state index is 3.48. The van der Waals surface area contributed by atoms with Crippen LogP contribution in [0.2, 0.25) is 0 Å². The van der Waals surface area contributed by atoms with Crippen LogP contribution in [-0.4, -0.2) is 4.98 Å². The van der Waals surface area contributed by atoms with Gasteiger partial charge in [0.25, 0.3) is 0 Å². The van der Waals surface area contributed by atoms with Crippen molar-refractivity contribution in [2.45, 2.75) is 13.3 Å². The van der Waals surface area contributed by atoms with E-state index in [9.17, 15) is 0 Å². The predicted molar refractivity (Wildman–Crippen MR) is 72.3 cm³/mol. The Labute approximate surface area is 101 Å². The van der Waals surface area contributed by atoms with Crippen molar-refractivity contribution >= 4 is 10.9 Å². The van der Waals surface area contributed by atoms with E-state index < -0.39 is 0 Å². The number of aromatic nitrogens is 1. The quantitative estimate of drug-likeness (QED) is 0.671. The summed E-state index contributed by atoms with van der Waals surface area (Å²) < 4.78 is 0. The molecule has 2 aromatic carbocycles.